The van der Waals surface area contributed by atoms with Crippen LogP contribution in [-0.4, -0.2) is 13.4 Å². The van der Waals surface area contributed by atoms with Gasteiger partial charge in [0.25, 0.3) is 6.43 Å². The lowest BCUT2D eigenvalue weighted by Crippen LogP contribution is -2.16. The van der Waals surface area contributed by atoms with Crippen molar-refractivity contribution in [2.24, 2.45) is 5.14 Å². The van der Waals surface area contributed by atoms with Crippen LogP contribution in [0.2, 0.25) is 0 Å². The van der Waals surface area contributed by atoms with Crippen molar-refractivity contribution in [1.82, 2.24) is 4.98 Å². The topological polar surface area (TPSA) is 99.1 Å². The smallest absolute Gasteiger partial charge is 0.267 e. The van der Waals surface area contributed by atoms with Gasteiger partial charge in [0.05, 0.1) is 11.3 Å². The molecule has 4 N–H and O–H groups in total. The van der Waals surface area contributed by atoms with Gasteiger partial charge in [-0.3, -0.25) is 0 Å². The highest BCUT2D eigenvalue weighted by Crippen LogP contribution is 2.33. The third-order valence-corrected chi connectivity index (χ3v) is 3.17. The van der Waals surface area contributed by atoms with Crippen LogP contribution < -0.4 is 10.9 Å². The van der Waals surface area contributed by atoms with Gasteiger partial charge >= 0.3 is 0 Å². The summed E-state index contributed by atoms with van der Waals surface area (Å²) in [6, 6.07) is 0. The number of sulfonamides is 1. The first-order valence-electron chi connectivity index (χ1n) is 3.50. The van der Waals surface area contributed by atoms with E-state index in [0.29, 0.717) is 0 Å². The van der Waals surface area contributed by atoms with Crippen molar-refractivity contribution in [2.75, 3.05) is 5.73 Å². The molecule has 1 aromatic rings. The summed E-state index contributed by atoms with van der Waals surface area (Å²) in [5, 5.41) is 4.74. The van der Waals surface area contributed by atoms with Crippen LogP contribution in [0.25, 0.3) is 0 Å². The highest BCUT2D eigenvalue weighted by Gasteiger charge is 2.25. The first-order valence-corrected chi connectivity index (χ1v) is 5.84. The van der Waals surface area contributed by atoms with E-state index in [-0.39, 0.29) is 4.60 Å². The zero-order valence-corrected chi connectivity index (χ0v) is 9.52. The Hall–Kier alpha value is -0.800. The number of nitrogens with two attached hydrogens (primary N) is 2. The molecule has 0 bridgehead atoms. The normalized spacial score (nSPS) is 12.1. The third kappa shape index (κ3) is 2.41. The molecule has 0 aliphatic rings. The molecule has 0 atom stereocenters. The molecular weight excluding hydrogens is 296 g/mol. The zero-order valence-electron chi connectivity index (χ0n) is 7.12. The predicted octanol–water partition coefficient (Wildman–Crippen LogP) is 1.01. The molecule has 0 spiro atoms. The molecule has 0 amide bonds. The number of hydrogen-bond acceptors (Lipinski definition) is 4. The van der Waals surface area contributed by atoms with Crippen molar-refractivity contribution in [3.63, 3.8) is 0 Å². The SMILES string of the molecule is Nc1c(Br)ncc(S(N)(=O)=O)c1C(F)F. The Morgan fingerprint density at radius 2 is 2.00 bits per heavy atom. The molecule has 84 valence electrons. The Balaban J connectivity index is 3.62. The molecule has 5 nitrogen and oxygen atoms in total. The van der Waals surface area contributed by atoms with E-state index < -0.39 is 32.6 Å². The molecular formula is C6H6BrF2N3O2S. The molecule has 0 aliphatic carbocycles. The largest absolute Gasteiger partial charge is 0.396 e. The Morgan fingerprint density at radius 1 is 1.47 bits per heavy atom. The van der Waals surface area contributed by atoms with E-state index in [2.05, 4.69) is 20.9 Å². The van der Waals surface area contributed by atoms with Crippen molar-refractivity contribution >= 4 is 31.6 Å². The third-order valence-electron chi connectivity index (χ3n) is 1.60. The Kier molecular flexibility index (Phi) is 3.26. The van der Waals surface area contributed by atoms with Gasteiger partial charge in [0.15, 0.2) is 0 Å². The molecule has 0 aliphatic heterocycles. The summed E-state index contributed by atoms with van der Waals surface area (Å²) in [5.41, 5.74) is 4.00. The molecule has 1 rings (SSSR count). The van der Waals surface area contributed by atoms with Crippen LogP contribution in [0.1, 0.15) is 12.0 Å². The number of primary sulfonamides is 1. The first-order chi connectivity index (χ1) is 6.75. The summed E-state index contributed by atoms with van der Waals surface area (Å²) in [6.07, 6.45) is -2.31. The molecule has 0 aromatic carbocycles. The van der Waals surface area contributed by atoms with Crippen LogP contribution >= 0.6 is 15.9 Å². The second-order valence-corrected chi connectivity index (χ2v) is 4.87. The second kappa shape index (κ2) is 3.99. The fourth-order valence-electron chi connectivity index (χ4n) is 0.950. The molecule has 0 saturated carbocycles. The lowest BCUT2D eigenvalue weighted by Gasteiger charge is -2.10. The van der Waals surface area contributed by atoms with Gasteiger partial charge in [0, 0.05) is 6.20 Å². The van der Waals surface area contributed by atoms with E-state index in [1.807, 2.05) is 0 Å². The number of rotatable bonds is 2. The Morgan fingerprint density at radius 3 is 2.40 bits per heavy atom. The molecule has 0 radical (unpaired) electrons. The van der Waals surface area contributed by atoms with Crippen molar-refractivity contribution in [3.05, 3.63) is 16.4 Å². The van der Waals surface area contributed by atoms with Gasteiger partial charge in [-0.05, 0) is 15.9 Å². The minimum atomic E-state index is -4.26. The minimum Gasteiger partial charge on any atom is -0.396 e. The number of nitrogen functional groups attached to an aromatic ring is 1. The fourth-order valence-corrected chi connectivity index (χ4v) is 1.97. The zero-order chi connectivity index (χ0) is 11.8. The van der Waals surface area contributed by atoms with Crippen LogP contribution in [0.4, 0.5) is 14.5 Å². The average molecular weight is 302 g/mol. The van der Waals surface area contributed by atoms with E-state index in [1.54, 1.807) is 0 Å². The standard InChI is InChI=1S/C6H6BrF2N3O2S/c7-5-4(10)3(6(8)9)2(1-12-5)15(11,13)14/h1,6H,10H2,(H2,11,13,14). The molecule has 9 heteroatoms. The quantitative estimate of drug-likeness (QED) is 0.796. The summed E-state index contributed by atoms with van der Waals surface area (Å²) < 4.78 is 47.0. The van der Waals surface area contributed by atoms with E-state index >= 15 is 0 Å². The van der Waals surface area contributed by atoms with Gasteiger partial charge in [0.2, 0.25) is 10.0 Å². The van der Waals surface area contributed by atoms with Crippen LogP contribution in [0.3, 0.4) is 0 Å². The molecule has 15 heavy (non-hydrogen) atoms. The van der Waals surface area contributed by atoms with Gasteiger partial charge in [-0.25, -0.2) is 27.3 Å². The number of anilines is 1. The number of nitrogens with zero attached hydrogens (tertiary/aromatic N) is 1. The van der Waals surface area contributed by atoms with Gasteiger partial charge in [0.1, 0.15) is 9.50 Å². The summed E-state index contributed by atoms with van der Waals surface area (Å²) in [7, 11) is -4.26. The first kappa shape index (κ1) is 12.3. The van der Waals surface area contributed by atoms with Crippen LogP contribution in [-0.2, 0) is 10.0 Å². The number of pyridine rings is 1. The number of alkyl halides is 2. The monoisotopic (exact) mass is 301 g/mol. The maximum absolute atomic E-state index is 12.6. The number of hydrogen-bond donors (Lipinski definition) is 2. The highest BCUT2D eigenvalue weighted by molar-refractivity contribution is 9.10. The van der Waals surface area contributed by atoms with Crippen molar-refractivity contribution in [3.8, 4) is 0 Å². The average Bonchev–Trinajstić information content (AvgIpc) is 2.06. The van der Waals surface area contributed by atoms with Crippen molar-refractivity contribution in [2.45, 2.75) is 11.3 Å². The van der Waals surface area contributed by atoms with Gasteiger partial charge in [-0.2, -0.15) is 0 Å². The van der Waals surface area contributed by atoms with Gasteiger partial charge in [-0.15, -0.1) is 0 Å². The molecule has 1 heterocycles. The molecule has 0 saturated heterocycles. The minimum absolute atomic E-state index is 0.0507. The molecule has 0 unspecified atom stereocenters. The summed E-state index contributed by atoms with van der Waals surface area (Å²) in [6.45, 7) is 0. The van der Waals surface area contributed by atoms with E-state index in [1.165, 1.54) is 0 Å². The molecule has 0 fully saturated rings. The van der Waals surface area contributed by atoms with E-state index in [0.717, 1.165) is 6.20 Å². The van der Waals surface area contributed by atoms with E-state index in [9.17, 15) is 17.2 Å². The maximum atomic E-state index is 12.6. The van der Waals surface area contributed by atoms with Gasteiger partial charge < -0.3 is 5.73 Å². The van der Waals surface area contributed by atoms with Crippen LogP contribution in [0.15, 0.2) is 15.7 Å². The van der Waals surface area contributed by atoms with Crippen molar-refractivity contribution < 1.29 is 17.2 Å². The van der Waals surface area contributed by atoms with Gasteiger partial charge in [-0.1, -0.05) is 0 Å². The van der Waals surface area contributed by atoms with Crippen LogP contribution in [0, 0.1) is 0 Å². The summed E-state index contributed by atoms with van der Waals surface area (Å²) in [4.78, 5) is 2.72. The maximum Gasteiger partial charge on any atom is 0.267 e. The lowest BCUT2D eigenvalue weighted by molar-refractivity contribution is 0.148. The Bertz CT molecular complexity index is 491. The van der Waals surface area contributed by atoms with Crippen LogP contribution in [0.5, 0.6) is 0 Å². The molecule has 1 aromatic heterocycles. The van der Waals surface area contributed by atoms with Crippen molar-refractivity contribution in [1.29, 1.82) is 0 Å². The number of halogens is 3. The highest BCUT2D eigenvalue weighted by atomic mass is 79.9. The lowest BCUT2D eigenvalue weighted by atomic mass is 10.2. The predicted molar refractivity (Wildman–Crippen MR) is 52.7 cm³/mol. The van der Waals surface area contributed by atoms with E-state index in [4.69, 9.17) is 10.9 Å². The summed E-state index contributed by atoms with van der Waals surface area (Å²) >= 11 is 2.81. The second-order valence-electron chi connectivity index (χ2n) is 2.59. The fraction of sp³-hybridized carbons (Fsp3) is 0.167. The summed E-state index contributed by atoms with van der Waals surface area (Å²) in [5.74, 6) is 0. The number of aromatic nitrogens is 1. The Labute approximate surface area is 92.7 Å².